The minimum Gasteiger partial charge on any atom is -0.507 e. The Balaban J connectivity index is 2.26. The van der Waals surface area contributed by atoms with Crippen LogP contribution in [0.2, 0.25) is 0 Å². The van der Waals surface area contributed by atoms with Crippen molar-refractivity contribution in [2.45, 2.75) is 90.3 Å². The zero-order valence-electron chi connectivity index (χ0n) is 25.8. The molecule has 5 atom stereocenters. The van der Waals surface area contributed by atoms with Crippen molar-refractivity contribution in [2.75, 3.05) is 6.61 Å². The lowest BCUT2D eigenvalue weighted by atomic mass is 9.73. The van der Waals surface area contributed by atoms with Gasteiger partial charge in [0.15, 0.2) is 0 Å². The van der Waals surface area contributed by atoms with E-state index in [1.165, 1.54) is 0 Å². The van der Waals surface area contributed by atoms with Crippen molar-refractivity contribution in [3.63, 3.8) is 0 Å². The summed E-state index contributed by atoms with van der Waals surface area (Å²) in [5.74, 6) is -1.78. The molecule has 0 fully saturated rings. The number of nitrogens with two attached hydrogens (primary N) is 1. The topological polar surface area (TPSA) is 136 Å². The molecule has 2 unspecified atom stereocenters. The van der Waals surface area contributed by atoms with Crippen LogP contribution in [0.3, 0.4) is 0 Å². The highest BCUT2D eigenvalue weighted by Crippen LogP contribution is 2.58. The van der Waals surface area contributed by atoms with E-state index in [9.17, 15) is 24.4 Å². The minimum absolute atomic E-state index is 0.0359. The molecule has 0 heterocycles. The van der Waals surface area contributed by atoms with Crippen LogP contribution < -0.4 is 10.3 Å². The molecule has 0 radical (unpaired) electrons. The number of ether oxygens (including phenoxy) is 1. The fourth-order valence-corrected chi connectivity index (χ4v) is 8.02. The van der Waals surface area contributed by atoms with Crippen molar-refractivity contribution in [1.82, 2.24) is 0 Å². The molecule has 0 aliphatic heterocycles. The molecule has 0 spiro atoms. The number of phenolic OH excluding ortho intramolecular Hbond substituents is 1. The number of allylic oxidation sites excluding steroid dienone is 3. The molecule has 0 saturated heterocycles. The lowest BCUT2D eigenvalue weighted by Gasteiger charge is -2.34. The third-order valence-electron chi connectivity index (χ3n) is 8.14. The van der Waals surface area contributed by atoms with E-state index in [-0.39, 0.29) is 36.4 Å². The highest BCUT2D eigenvalue weighted by Gasteiger charge is 2.50. The van der Waals surface area contributed by atoms with Crippen LogP contribution in [0.1, 0.15) is 82.4 Å². The molecule has 0 amide bonds. The lowest BCUT2D eigenvalue weighted by Crippen LogP contribution is -2.45. The van der Waals surface area contributed by atoms with E-state index in [0.717, 1.165) is 48.8 Å². The van der Waals surface area contributed by atoms with Gasteiger partial charge in [-0.2, -0.15) is 0 Å². The number of hydrogen-bond donors (Lipinski definition) is 3. The van der Waals surface area contributed by atoms with Crippen LogP contribution in [-0.2, 0) is 26.9 Å². The Kier molecular flexibility index (Phi) is 12.2. The fraction of sp³-hybridized carbons (Fsp3) is 0.471. The van der Waals surface area contributed by atoms with Gasteiger partial charge in [-0.1, -0.05) is 73.9 Å². The number of aliphatic carboxylic acids is 1. The average molecular weight is 612 g/mol. The molecule has 3 rings (SSSR count). The average Bonchev–Trinajstić information content (AvgIpc) is 2.96. The van der Waals surface area contributed by atoms with E-state index < -0.39 is 30.7 Å². The molecule has 2 aromatic rings. The number of carboxylic acids is 1. The summed E-state index contributed by atoms with van der Waals surface area (Å²) in [6, 6.07) is 10.5. The van der Waals surface area contributed by atoms with Gasteiger partial charge in [0.2, 0.25) is 0 Å². The quantitative estimate of drug-likeness (QED) is 0.105. The van der Waals surface area contributed by atoms with Gasteiger partial charge in [0, 0.05) is 11.5 Å². The predicted octanol–water partition coefficient (Wildman–Crippen LogP) is 7.98. The standard InChI is InChI=1S/C34H46NO7P/c1-6-8-10-15-25-19-28(36)31(27-18-23(5)16-17-26(27)22(3)4)29(20-25)42-43(40,34(39)41-7-2)30(32(35)33(37)38)21-24-13-11-9-12-14-24/h9,11-14,18-20,26-27,30,32,36H,3,6-8,10,15-17,21,35H2,1-2,4-5H3,(H,37,38)/t26-,27+,30?,32-,43?/m0/s1. The summed E-state index contributed by atoms with van der Waals surface area (Å²) in [6.07, 6.45) is 7.11. The maximum absolute atomic E-state index is 15.0. The summed E-state index contributed by atoms with van der Waals surface area (Å²) in [6.45, 7) is 11.7. The van der Waals surface area contributed by atoms with Crippen molar-refractivity contribution in [2.24, 2.45) is 11.7 Å². The number of rotatable bonds is 15. The van der Waals surface area contributed by atoms with Gasteiger partial charge in [0.05, 0.1) is 12.3 Å². The molecule has 8 nitrogen and oxygen atoms in total. The van der Waals surface area contributed by atoms with Gasteiger partial charge in [-0.15, -0.1) is 0 Å². The summed E-state index contributed by atoms with van der Waals surface area (Å²) >= 11 is 0. The number of aromatic hydroxyl groups is 1. The van der Waals surface area contributed by atoms with Gasteiger partial charge in [0.1, 0.15) is 17.5 Å². The van der Waals surface area contributed by atoms with Crippen LogP contribution >= 0.6 is 7.37 Å². The second-order valence-corrected chi connectivity index (χ2v) is 13.9. The maximum Gasteiger partial charge on any atom is 0.404 e. The first kappa shape index (κ1) is 34.1. The van der Waals surface area contributed by atoms with E-state index in [4.69, 9.17) is 15.0 Å². The van der Waals surface area contributed by atoms with Crippen molar-refractivity contribution in [3.8, 4) is 11.5 Å². The van der Waals surface area contributed by atoms with Gasteiger partial charge in [0.25, 0.3) is 0 Å². The SMILES string of the molecule is C=C(C)[C@@H]1CCC(C)=C[C@H]1c1c(O)cc(CCCCC)cc1OP(=O)(C(=O)OCC)C(Cc1ccccc1)[C@H](N)C(=O)O. The Labute approximate surface area is 255 Å². The highest BCUT2D eigenvalue weighted by molar-refractivity contribution is 7.76. The minimum atomic E-state index is -4.66. The molecule has 1 aliphatic carbocycles. The highest BCUT2D eigenvalue weighted by atomic mass is 31.2. The van der Waals surface area contributed by atoms with Crippen LogP contribution in [0.5, 0.6) is 11.5 Å². The lowest BCUT2D eigenvalue weighted by molar-refractivity contribution is -0.138. The normalized spacial score (nSPS) is 19.4. The number of hydrogen-bond acceptors (Lipinski definition) is 7. The predicted molar refractivity (Wildman–Crippen MR) is 170 cm³/mol. The first-order valence-electron chi connectivity index (χ1n) is 15.1. The zero-order valence-corrected chi connectivity index (χ0v) is 26.6. The van der Waals surface area contributed by atoms with Gasteiger partial charge in [-0.25, -0.2) is 4.79 Å². The van der Waals surface area contributed by atoms with Crippen molar-refractivity contribution < 1.29 is 33.6 Å². The van der Waals surface area contributed by atoms with E-state index >= 15 is 0 Å². The second kappa shape index (κ2) is 15.4. The molecule has 43 heavy (non-hydrogen) atoms. The zero-order chi connectivity index (χ0) is 31.7. The molecule has 4 N–H and O–H groups in total. The molecule has 234 valence electrons. The first-order valence-corrected chi connectivity index (χ1v) is 16.8. The number of benzene rings is 2. The van der Waals surface area contributed by atoms with Crippen molar-refractivity contribution in [1.29, 1.82) is 0 Å². The Morgan fingerprint density at radius 1 is 1.14 bits per heavy atom. The summed E-state index contributed by atoms with van der Waals surface area (Å²) in [4.78, 5) is 25.8. The Morgan fingerprint density at radius 3 is 2.44 bits per heavy atom. The summed E-state index contributed by atoms with van der Waals surface area (Å²) in [5.41, 5.74) is 7.40. The Bertz CT molecular complexity index is 1370. The van der Waals surface area contributed by atoms with Crippen LogP contribution in [0, 0.1) is 5.92 Å². The number of phenols is 1. The van der Waals surface area contributed by atoms with E-state index in [0.29, 0.717) is 17.5 Å². The third kappa shape index (κ3) is 8.39. The maximum atomic E-state index is 15.0. The van der Waals surface area contributed by atoms with E-state index in [1.54, 1.807) is 49.4 Å². The number of carboxylic acid groups (broad SMARTS) is 1. The van der Waals surface area contributed by atoms with E-state index in [1.807, 2.05) is 13.8 Å². The number of unbranched alkanes of at least 4 members (excludes halogenated alkanes) is 2. The smallest absolute Gasteiger partial charge is 0.404 e. The molecular formula is C34H46NO7P. The molecule has 9 heteroatoms. The summed E-state index contributed by atoms with van der Waals surface area (Å²) in [5, 5.41) is 21.5. The third-order valence-corrected chi connectivity index (χ3v) is 10.6. The first-order chi connectivity index (χ1) is 20.4. The van der Waals surface area contributed by atoms with E-state index in [2.05, 4.69) is 19.6 Å². The summed E-state index contributed by atoms with van der Waals surface area (Å²) in [7, 11) is -4.66. The molecule has 2 aromatic carbocycles. The van der Waals surface area contributed by atoms with Crippen molar-refractivity contribution >= 4 is 19.0 Å². The van der Waals surface area contributed by atoms with Crippen LogP contribution in [0.15, 0.2) is 66.3 Å². The largest absolute Gasteiger partial charge is 0.507 e. The molecular weight excluding hydrogens is 565 g/mol. The Morgan fingerprint density at radius 2 is 1.84 bits per heavy atom. The monoisotopic (exact) mass is 611 g/mol. The van der Waals surface area contributed by atoms with Crippen molar-refractivity contribution in [3.05, 3.63) is 83.0 Å². The van der Waals surface area contributed by atoms with Crippen LogP contribution in [0.4, 0.5) is 4.79 Å². The number of aryl methyl sites for hydroxylation is 1. The number of carbonyl (C=O) groups is 2. The van der Waals surface area contributed by atoms with Crippen LogP contribution in [0.25, 0.3) is 0 Å². The Hall–Kier alpha value is -3.35. The molecule has 0 aromatic heterocycles. The molecule has 1 aliphatic rings. The second-order valence-electron chi connectivity index (χ2n) is 11.5. The van der Waals surface area contributed by atoms with Gasteiger partial charge >= 0.3 is 19.0 Å². The van der Waals surface area contributed by atoms with Gasteiger partial charge in [-0.05, 0) is 82.1 Å². The number of carbonyl (C=O) groups excluding carboxylic acids is 1. The fourth-order valence-electron chi connectivity index (χ4n) is 5.79. The molecule has 0 saturated carbocycles. The van der Waals surface area contributed by atoms with Gasteiger partial charge < -0.3 is 25.2 Å². The van der Waals surface area contributed by atoms with Crippen LogP contribution in [-0.4, -0.2) is 40.2 Å². The van der Waals surface area contributed by atoms with Gasteiger partial charge in [-0.3, -0.25) is 9.36 Å². The molecule has 0 bridgehead atoms. The summed E-state index contributed by atoms with van der Waals surface area (Å²) < 4.78 is 26.5.